The molecule has 3 heteroatoms. The molecule has 2 nitrogen and oxygen atoms in total. The predicted octanol–water partition coefficient (Wildman–Crippen LogP) is 3.50. The Morgan fingerprint density at radius 3 is 2.88 bits per heavy atom. The summed E-state index contributed by atoms with van der Waals surface area (Å²) in [4.78, 5) is 4.31. The van der Waals surface area contributed by atoms with Gasteiger partial charge in [-0.15, -0.1) is 0 Å². The van der Waals surface area contributed by atoms with E-state index < -0.39 is 10.8 Å². The maximum absolute atomic E-state index is 11.7. The molecular formula is C14H21NOS. The molecule has 2 unspecified atom stereocenters. The molecule has 0 aromatic carbocycles. The molecule has 1 aliphatic rings. The number of hydrogen-bond acceptors (Lipinski definition) is 2. The third-order valence-corrected chi connectivity index (χ3v) is 4.35. The summed E-state index contributed by atoms with van der Waals surface area (Å²) in [5, 5.41) is 0.798. The number of nitrogens with zero attached hydrogens (tertiary/aromatic N) is 1. The van der Waals surface area contributed by atoms with E-state index in [1.54, 1.807) is 12.5 Å². The van der Waals surface area contributed by atoms with E-state index in [-0.39, 0.29) is 0 Å². The molecule has 0 aliphatic heterocycles. The van der Waals surface area contributed by atoms with Crippen LogP contribution < -0.4 is 0 Å². The normalized spacial score (nSPS) is 18.9. The van der Waals surface area contributed by atoms with Gasteiger partial charge in [-0.25, -0.2) is 4.98 Å². The van der Waals surface area contributed by atoms with Gasteiger partial charge in [0.15, 0.2) is 0 Å². The van der Waals surface area contributed by atoms with Crippen molar-refractivity contribution in [2.45, 2.75) is 50.0 Å². The molecule has 2 rings (SSSR count). The molecule has 0 N–H and O–H groups in total. The zero-order valence-corrected chi connectivity index (χ0v) is 11.5. The van der Waals surface area contributed by atoms with E-state index >= 15 is 0 Å². The van der Waals surface area contributed by atoms with Gasteiger partial charge in [-0.2, -0.15) is 0 Å². The number of aromatic nitrogens is 1. The summed E-state index contributed by atoms with van der Waals surface area (Å²) >= 11 is 0. The molecule has 1 aromatic heterocycles. The minimum Gasteiger partial charge on any atom is -0.253 e. The van der Waals surface area contributed by atoms with E-state index in [1.165, 1.54) is 37.7 Å². The molecule has 0 spiro atoms. The molecule has 1 heterocycles. The first kappa shape index (κ1) is 12.7. The third-order valence-electron chi connectivity index (χ3n) is 3.46. The van der Waals surface area contributed by atoms with Crippen LogP contribution in [-0.4, -0.2) is 15.4 Å². The zero-order chi connectivity index (χ0) is 12.3. The SMILES string of the molecule is CCCC(CC1CC1)c1cccnc1S(C)=O. The van der Waals surface area contributed by atoms with Gasteiger partial charge < -0.3 is 0 Å². The Labute approximate surface area is 106 Å². The second kappa shape index (κ2) is 5.76. The van der Waals surface area contributed by atoms with Crippen molar-refractivity contribution in [2.75, 3.05) is 6.26 Å². The summed E-state index contributed by atoms with van der Waals surface area (Å²) in [5.41, 5.74) is 1.22. The molecule has 17 heavy (non-hydrogen) atoms. The van der Waals surface area contributed by atoms with E-state index in [4.69, 9.17) is 0 Å². The highest BCUT2D eigenvalue weighted by molar-refractivity contribution is 7.84. The monoisotopic (exact) mass is 251 g/mol. The molecule has 0 radical (unpaired) electrons. The van der Waals surface area contributed by atoms with Crippen LogP contribution in [0.5, 0.6) is 0 Å². The molecule has 0 saturated heterocycles. The molecule has 0 amide bonds. The Kier molecular flexibility index (Phi) is 4.32. The van der Waals surface area contributed by atoms with E-state index in [0.29, 0.717) is 5.92 Å². The van der Waals surface area contributed by atoms with Crippen LogP contribution in [0.1, 0.15) is 50.5 Å². The maximum Gasteiger partial charge on any atom is 0.130 e. The summed E-state index contributed by atoms with van der Waals surface area (Å²) in [6.45, 7) is 2.22. The van der Waals surface area contributed by atoms with Crippen LogP contribution in [0.2, 0.25) is 0 Å². The fraction of sp³-hybridized carbons (Fsp3) is 0.643. The predicted molar refractivity (Wildman–Crippen MR) is 71.6 cm³/mol. The minimum absolute atomic E-state index is 0.556. The second-order valence-corrected chi connectivity index (χ2v) is 6.31. The Morgan fingerprint density at radius 2 is 2.29 bits per heavy atom. The average molecular weight is 251 g/mol. The van der Waals surface area contributed by atoms with Gasteiger partial charge in [-0.1, -0.05) is 32.3 Å². The van der Waals surface area contributed by atoms with Crippen molar-refractivity contribution in [1.82, 2.24) is 4.98 Å². The lowest BCUT2D eigenvalue weighted by Crippen LogP contribution is -2.06. The summed E-state index contributed by atoms with van der Waals surface area (Å²) in [5.74, 6) is 1.46. The van der Waals surface area contributed by atoms with Crippen LogP contribution in [-0.2, 0) is 10.8 Å². The third kappa shape index (κ3) is 3.38. The molecule has 94 valence electrons. The van der Waals surface area contributed by atoms with Crippen LogP contribution in [0.4, 0.5) is 0 Å². The van der Waals surface area contributed by atoms with Gasteiger partial charge in [0, 0.05) is 12.5 Å². The second-order valence-electron chi connectivity index (χ2n) is 5.02. The molecule has 1 saturated carbocycles. The van der Waals surface area contributed by atoms with Gasteiger partial charge in [0.2, 0.25) is 0 Å². The molecule has 1 aliphatic carbocycles. The lowest BCUT2D eigenvalue weighted by Gasteiger charge is -2.18. The lowest BCUT2D eigenvalue weighted by atomic mass is 9.90. The molecule has 1 aromatic rings. The van der Waals surface area contributed by atoms with Crippen molar-refractivity contribution in [2.24, 2.45) is 5.92 Å². The Bertz CT molecular complexity index is 401. The van der Waals surface area contributed by atoms with Crippen molar-refractivity contribution in [1.29, 1.82) is 0 Å². The van der Waals surface area contributed by atoms with E-state index in [2.05, 4.69) is 18.0 Å². The maximum atomic E-state index is 11.7. The van der Waals surface area contributed by atoms with Crippen LogP contribution >= 0.6 is 0 Å². The van der Waals surface area contributed by atoms with Gasteiger partial charge >= 0.3 is 0 Å². The fourth-order valence-electron chi connectivity index (χ4n) is 2.46. The summed E-state index contributed by atoms with van der Waals surface area (Å²) in [6, 6.07) is 4.09. The van der Waals surface area contributed by atoms with Crippen molar-refractivity contribution in [3.05, 3.63) is 23.9 Å². The van der Waals surface area contributed by atoms with Crippen LogP contribution in [0.15, 0.2) is 23.4 Å². The molecule has 0 bridgehead atoms. The standard InChI is InChI=1S/C14H21NOS/c1-3-5-12(10-11-7-8-11)13-6-4-9-15-14(13)17(2)16/h4,6,9,11-12H,3,5,7-8,10H2,1-2H3. The van der Waals surface area contributed by atoms with E-state index in [9.17, 15) is 4.21 Å². The quantitative estimate of drug-likeness (QED) is 0.774. The Hall–Kier alpha value is -0.700. The number of hydrogen-bond donors (Lipinski definition) is 0. The largest absolute Gasteiger partial charge is 0.253 e. The van der Waals surface area contributed by atoms with Crippen LogP contribution in [0.3, 0.4) is 0 Å². The van der Waals surface area contributed by atoms with Crippen LogP contribution in [0, 0.1) is 5.92 Å². The average Bonchev–Trinajstić information content (AvgIpc) is 3.12. The van der Waals surface area contributed by atoms with Gasteiger partial charge in [-0.05, 0) is 36.3 Å². The number of pyridine rings is 1. The summed E-state index contributed by atoms with van der Waals surface area (Å²) < 4.78 is 11.7. The summed E-state index contributed by atoms with van der Waals surface area (Å²) in [6.07, 6.45) is 9.86. The fourth-order valence-corrected chi connectivity index (χ4v) is 3.23. The highest BCUT2D eigenvalue weighted by Gasteiger charge is 2.27. The lowest BCUT2D eigenvalue weighted by molar-refractivity contribution is 0.523. The number of rotatable bonds is 6. The first-order valence-corrected chi connectivity index (χ1v) is 8.06. The first-order valence-electron chi connectivity index (χ1n) is 6.50. The van der Waals surface area contributed by atoms with Gasteiger partial charge in [0.1, 0.15) is 5.03 Å². The molecular weight excluding hydrogens is 230 g/mol. The Balaban J connectivity index is 2.23. The van der Waals surface area contributed by atoms with Crippen molar-refractivity contribution in [3.63, 3.8) is 0 Å². The van der Waals surface area contributed by atoms with Gasteiger partial charge in [-0.3, -0.25) is 4.21 Å². The molecule has 2 atom stereocenters. The topological polar surface area (TPSA) is 30.0 Å². The smallest absolute Gasteiger partial charge is 0.130 e. The van der Waals surface area contributed by atoms with E-state index in [1.807, 2.05) is 6.07 Å². The molecule has 1 fully saturated rings. The van der Waals surface area contributed by atoms with Crippen molar-refractivity contribution < 1.29 is 4.21 Å². The first-order chi connectivity index (χ1) is 8.22. The van der Waals surface area contributed by atoms with Gasteiger partial charge in [0.25, 0.3) is 0 Å². The van der Waals surface area contributed by atoms with Crippen LogP contribution in [0.25, 0.3) is 0 Å². The zero-order valence-electron chi connectivity index (χ0n) is 10.7. The van der Waals surface area contributed by atoms with Gasteiger partial charge in [0.05, 0.1) is 10.8 Å². The highest BCUT2D eigenvalue weighted by atomic mass is 32.2. The minimum atomic E-state index is -0.970. The van der Waals surface area contributed by atoms with Crippen molar-refractivity contribution in [3.8, 4) is 0 Å². The summed E-state index contributed by atoms with van der Waals surface area (Å²) in [7, 11) is -0.970. The van der Waals surface area contributed by atoms with E-state index in [0.717, 1.165) is 10.9 Å². The highest BCUT2D eigenvalue weighted by Crippen LogP contribution is 2.41. The Morgan fingerprint density at radius 1 is 1.53 bits per heavy atom. The van der Waals surface area contributed by atoms with Crippen molar-refractivity contribution >= 4 is 10.8 Å².